The Morgan fingerprint density at radius 1 is 1.22 bits per heavy atom. The number of nitrogens with zero attached hydrogens (tertiary/aromatic N) is 4. The van der Waals surface area contributed by atoms with Gasteiger partial charge in [0.05, 0.1) is 5.56 Å². The van der Waals surface area contributed by atoms with Gasteiger partial charge in [-0.15, -0.1) is 0 Å². The highest BCUT2D eigenvalue weighted by molar-refractivity contribution is 5.93. The molecule has 1 unspecified atom stereocenters. The number of aromatic nitrogens is 2. The van der Waals surface area contributed by atoms with Crippen molar-refractivity contribution in [2.75, 3.05) is 26.2 Å². The Morgan fingerprint density at radius 3 is 2.70 bits per heavy atom. The summed E-state index contributed by atoms with van der Waals surface area (Å²) in [5, 5.41) is 0. The zero-order valence-electron chi connectivity index (χ0n) is 16.3. The molecule has 1 saturated carbocycles. The average Bonchev–Trinajstić information content (AvgIpc) is 3.54. The monoisotopic (exact) mass is 370 g/mol. The molecular weight excluding hydrogens is 340 g/mol. The van der Waals surface area contributed by atoms with E-state index >= 15 is 0 Å². The molecule has 2 amide bonds. The van der Waals surface area contributed by atoms with E-state index in [2.05, 4.69) is 16.9 Å². The van der Waals surface area contributed by atoms with E-state index in [1.807, 2.05) is 9.80 Å². The molecule has 2 saturated heterocycles. The molecule has 2 aliphatic heterocycles. The van der Waals surface area contributed by atoms with Crippen LogP contribution >= 0.6 is 0 Å². The highest BCUT2D eigenvalue weighted by Gasteiger charge is 2.42. The van der Waals surface area contributed by atoms with Gasteiger partial charge in [0.1, 0.15) is 5.82 Å². The number of amides is 2. The molecule has 0 aromatic carbocycles. The Hall–Kier alpha value is -1.98. The van der Waals surface area contributed by atoms with Gasteiger partial charge in [0.2, 0.25) is 5.91 Å². The van der Waals surface area contributed by atoms with Gasteiger partial charge in [-0.05, 0) is 38.5 Å². The molecule has 1 atom stereocenters. The lowest BCUT2D eigenvalue weighted by atomic mass is 9.73. The molecule has 1 aromatic heterocycles. The summed E-state index contributed by atoms with van der Waals surface area (Å²) >= 11 is 0. The number of likely N-dealkylation sites (tertiary alicyclic amines) is 2. The number of rotatable bonds is 5. The van der Waals surface area contributed by atoms with Gasteiger partial charge in [-0.1, -0.05) is 13.3 Å². The van der Waals surface area contributed by atoms with Crippen LogP contribution in [0.15, 0.2) is 12.4 Å². The third kappa shape index (κ3) is 3.99. The quantitative estimate of drug-likeness (QED) is 0.799. The third-order valence-electron chi connectivity index (χ3n) is 6.34. The normalized spacial score (nSPS) is 25.9. The molecule has 0 bridgehead atoms. The van der Waals surface area contributed by atoms with Gasteiger partial charge in [-0.3, -0.25) is 9.59 Å². The fourth-order valence-corrected chi connectivity index (χ4v) is 4.55. The van der Waals surface area contributed by atoms with Crippen LogP contribution in [0.4, 0.5) is 0 Å². The molecule has 0 radical (unpaired) electrons. The molecule has 3 fully saturated rings. The predicted molar refractivity (Wildman–Crippen MR) is 102 cm³/mol. The molecule has 1 aromatic rings. The third-order valence-corrected chi connectivity index (χ3v) is 6.34. The second kappa shape index (κ2) is 7.56. The smallest absolute Gasteiger partial charge is 0.257 e. The van der Waals surface area contributed by atoms with Crippen molar-refractivity contribution in [1.29, 1.82) is 0 Å². The van der Waals surface area contributed by atoms with Crippen LogP contribution in [0.3, 0.4) is 0 Å². The Kier molecular flexibility index (Phi) is 5.15. The Morgan fingerprint density at radius 2 is 2.00 bits per heavy atom. The van der Waals surface area contributed by atoms with E-state index in [1.54, 1.807) is 12.4 Å². The Bertz CT molecular complexity index is 701. The maximum Gasteiger partial charge on any atom is 0.257 e. The van der Waals surface area contributed by atoms with E-state index in [0.717, 1.165) is 76.9 Å². The summed E-state index contributed by atoms with van der Waals surface area (Å²) in [5.41, 5.74) is 0.649. The Balaban J connectivity index is 1.43. The van der Waals surface area contributed by atoms with Crippen molar-refractivity contribution in [3.63, 3.8) is 0 Å². The first kappa shape index (κ1) is 18.4. The lowest BCUT2D eigenvalue weighted by Gasteiger charge is -2.48. The van der Waals surface area contributed by atoms with E-state index in [-0.39, 0.29) is 17.2 Å². The second-order valence-corrected chi connectivity index (χ2v) is 8.60. The zero-order chi connectivity index (χ0) is 18.9. The van der Waals surface area contributed by atoms with Gasteiger partial charge in [0, 0.05) is 56.3 Å². The van der Waals surface area contributed by atoms with Crippen molar-refractivity contribution in [2.45, 2.75) is 64.2 Å². The van der Waals surface area contributed by atoms with Crippen LogP contribution in [0.25, 0.3) is 0 Å². The number of carbonyl (C=O) groups excluding carboxylic acids is 2. The molecular formula is C21H30N4O2. The van der Waals surface area contributed by atoms with Crippen LogP contribution in [0, 0.1) is 5.41 Å². The van der Waals surface area contributed by atoms with Crippen molar-refractivity contribution >= 4 is 11.8 Å². The first-order valence-corrected chi connectivity index (χ1v) is 10.5. The van der Waals surface area contributed by atoms with Gasteiger partial charge >= 0.3 is 0 Å². The number of hydrogen-bond acceptors (Lipinski definition) is 4. The van der Waals surface area contributed by atoms with Gasteiger partial charge in [-0.25, -0.2) is 9.97 Å². The molecule has 1 aliphatic carbocycles. The molecule has 1 spiro atoms. The van der Waals surface area contributed by atoms with Gasteiger partial charge in [0.25, 0.3) is 5.91 Å². The van der Waals surface area contributed by atoms with Crippen molar-refractivity contribution in [3.8, 4) is 0 Å². The number of carbonyl (C=O) groups is 2. The summed E-state index contributed by atoms with van der Waals surface area (Å²) in [6, 6.07) is 0. The SMILES string of the molecule is CCCCN1CC2(CCCN(C(=O)c3cnc(C4CC4)nc3)C2)CCC1=O. The summed E-state index contributed by atoms with van der Waals surface area (Å²) in [5.74, 6) is 1.69. The average molecular weight is 370 g/mol. The summed E-state index contributed by atoms with van der Waals surface area (Å²) < 4.78 is 0. The molecule has 27 heavy (non-hydrogen) atoms. The number of hydrogen-bond donors (Lipinski definition) is 0. The van der Waals surface area contributed by atoms with E-state index < -0.39 is 0 Å². The first-order chi connectivity index (χ1) is 13.1. The largest absolute Gasteiger partial charge is 0.342 e. The molecule has 4 rings (SSSR count). The van der Waals surface area contributed by atoms with Crippen LogP contribution in [0.5, 0.6) is 0 Å². The molecule has 6 heteroatoms. The minimum atomic E-state index is 0.0356. The maximum absolute atomic E-state index is 13.0. The molecule has 3 aliphatic rings. The zero-order valence-corrected chi connectivity index (χ0v) is 16.3. The van der Waals surface area contributed by atoms with Gasteiger partial charge in [-0.2, -0.15) is 0 Å². The fraction of sp³-hybridized carbons (Fsp3) is 0.714. The number of piperidine rings is 2. The van der Waals surface area contributed by atoms with E-state index in [0.29, 0.717) is 17.9 Å². The van der Waals surface area contributed by atoms with E-state index in [1.165, 1.54) is 0 Å². The van der Waals surface area contributed by atoms with Crippen LogP contribution in [-0.2, 0) is 4.79 Å². The predicted octanol–water partition coefficient (Wildman–Crippen LogP) is 3.00. The van der Waals surface area contributed by atoms with E-state index in [9.17, 15) is 9.59 Å². The molecule has 6 nitrogen and oxygen atoms in total. The summed E-state index contributed by atoms with van der Waals surface area (Å²) in [6.45, 7) is 5.33. The van der Waals surface area contributed by atoms with Crippen molar-refractivity contribution in [2.24, 2.45) is 5.41 Å². The minimum Gasteiger partial charge on any atom is -0.342 e. The lowest BCUT2D eigenvalue weighted by molar-refractivity contribution is -0.139. The fourth-order valence-electron chi connectivity index (χ4n) is 4.55. The van der Waals surface area contributed by atoms with Crippen LogP contribution in [-0.4, -0.2) is 57.8 Å². The van der Waals surface area contributed by atoms with Crippen LogP contribution in [0.2, 0.25) is 0 Å². The van der Waals surface area contributed by atoms with Crippen LogP contribution < -0.4 is 0 Å². The van der Waals surface area contributed by atoms with Gasteiger partial charge in [0.15, 0.2) is 0 Å². The highest BCUT2D eigenvalue weighted by Crippen LogP contribution is 2.40. The summed E-state index contributed by atoms with van der Waals surface area (Å²) in [6.07, 6.45) is 11.5. The van der Waals surface area contributed by atoms with E-state index in [4.69, 9.17) is 0 Å². The standard InChI is InChI=1S/C21H30N4O2/c1-2-3-10-24-14-21(9-7-18(24)26)8-4-11-25(15-21)20(27)17-12-22-19(23-13-17)16-5-6-16/h12-13,16H,2-11,14-15H2,1H3. The second-order valence-electron chi connectivity index (χ2n) is 8.60. The summed E-state index contributed by atoms with van der Waals surface area (Å²) in [7, 11) is 0. The molecule has 3 heterocycles. The van der Waals surface area contributed by atoms with Crippen molar-refractivity contribution in [3.05, 3.63) is 23.8 Å². The topological polar surface area (TPSA) is 66.4 Å². The van der Waals surface area contributed by atoms with Gasteiger partial charge < -0.3 is 9.80 Å². The summed E-state index contributed by atoms with van der Waals surface area (Å²) in [4.78, 5) is 38.1. The highest BCUT2D eigenvalue weighted by atomic mass is 16.2. The van der Waals surface area contributed by atoms with Crippen molar-refractivity contribution in [1.82, 2.24) is 19.8 Å². The Labute approximate surface area is 161 Å². The number of unbranched alkanes of at least 4 members (excludes halogenated alkanes) is 1. The van der Waals surface area contributed by atoms with Crippen LogP contribution in [0.1, 0.15) is 80.4 Å². The lowest BCUT2D eigenvalue weighted by Crippen LogP contribution is -2.55. The van der Waals surface area contributed by atoms with Crippen molar-refractivity contribution < 1.29 is 9.59 Å². The minimum absolute atomic E-state index is 0.0356. The molecule has 146 valence electrons. The first-order valence-electron chi connectivity index (χ1n) is 10.5. The maximum atomic E-state index is 13.0. The molecule has 0 N–H and O–H groups in total.